The fourth-order valence-electron chi connectivity index (χ4n) is 1.64. The first-order valence-electron chi connectivity index (χ1n) is 6.48. The molecule has 0 aliphatic carbocycles. The highest BCUT2D eigenvalue weighted by atomic mass is 32.1. The minimum Gasteiger partial charge on any atom is -0.370 e. The van der Waals surface area contributed by atoms with Crippen molar-refractivity contribution < 1.29 is 4.79 Å². The van der Waals surface area contributed by atoms with Gasteiger partial charge in [-0.25, -0.2) is 0 Å². The molecule has 18 heavy (non-hydrogen) atoms. The summed E-state index contributed by atoms with van der Waals surface area (Å²) in [5, 5.41) is 3.40. The lowest BCUT2D eigenvalue weighted by Gasteiger charge is -2.15. The number of thiophene rings is 1. The summed E-state index contributed by atoms with van der Waals surface area (Å²) in [4.78, 5) is 13.3. The van der Waals surface area contributed by atoms with Crippen molar-refractivity contribution in [3.05, 3.63) is 21.9 Å². The van der Waals surface area contributed by atoms with E-state index in [4.69, 9.17) is 5.73 Å². The van der Waals surface area contributed by atoms with Crippen molar-refractivity contribution in [2.24, 2.45) is 5.73 Å². The monoisotopic (exact) mass is 268 g/mol. The van der Waals surface area contributed by atoms with E-state index in [1.54, 1.807) is 0 Å². The van der Waals surface area contributed by atoms with Gasteiger partial charge in [-0.15, -0.1) is 11.3 Å². The van der Waals surface area contributed by atoms with Gasteiger partial charge in [0, 0.05) is 22.7 Å². The number of carbonyl (C=O) groups excluding carboxylic acids is 1. The number of amides is 1. The summed E-state index contributed by atoms with van der Waals surface area (Å²) < 4.78 is 0. The summed E-state index contributed by atoms with van der Waals surface area (Å²) in [6.07, 6.45) is 2.37. The van der Waals surface area contributed by atoms with Crippen LogP contribution in [0.15, 0.2) is 12.1 Å². The van der Waals surface area contributed by atoms with Crippen molar-refractivity contribution in [3.8, 4) is 0 Å². The molecule has 1 heterocycles. The number of unbranched alkanes of at least 4 members (excludes halogenated alkanes) is 1. The van der Waals surface area contributed by atoms with Crippen LogP contribution in [-0.2, 0) is 16.8 Å². The molecule has 4 heteroatoms. The van der Waals surface area contributed by atoms with Gasteiger partial charge >= 0.3 is 0 Å². The third-order valence-electron chi connectivity index (χ3n) is 2.73. The molecule has 0 atom stereocenters. The molecule has 0 aromatic carbocycles. The van der Waals surface area contributed by atoms with Crippen LogP contribution in [0.2, 0.25) is 0 Å². The number of carbonyl (C=O) groups is 1. The third-order valence-corrected chi connectivity index (χ3v) is 4.24. The number of nitrogens with one attached hydrogen (secondary N) is 1. The zero-order chi connectivity index (χ0) is 13.6. The van der Waals surface area contributed by atoms with Gasteiger partial charge in [0.1, 0.15) is 0 Å². The van der Waals surface area contributed by atoms with Crippen LogP contribution in [-0.4, -0.2) is 12.5 Å². The highest BCUT2D eigenvalue weighted by Crippen LogP contribution is 2.29. The Kier molecular flexibility index (Phi) is 5.82. The summed E-state index contributed by atoms with van der Waals surface area (Å²) in [6, 6.07) is 4.41. The van der Waals surface area contributed by atoms with Crippen molar-refractivity contribution in [2.45, 2.75) is 52.0 Å². The van der Waals surface area contributed by atoms with Gasteiger partial charge in [-0.1, -0.05) is 20.8 Å². The van der Waals surface area contributed by atoms with Crippen LogP contribution >= 0.6 is 11.3 Å². The van der Waals surface area contributed by atoms with Crippen molar-refractivity contribution in [3.63, 3.8) is 0 Å². The van der Waals surface area contributed by atoms with Crippen LogP contribution in [0.3, 0.4) is 0 Å². The standard InChI is InChI=1S/C14H24N2OS/c1-14(2,3)12-8-7-11(18-12)10-16-9-5-4-6-13(15)17/h7-8,16H,4-6,9-10H2,1-3H3,(H2,15,17). The average molecular weight is 268 g/mol. The molecule has 3 N–H and O–H groups in total. The van der Waals surface area contributed by atoms with E-state index < -0.39 is 0 Å². The fraction of sp³-hybridized carbons (Fsp3) is 0.643. The van der Waals surface area contributed by atoms with E-state index in [1.807, 2.05) is 11.3 Å². The van der Waals surface area contributed by atoms with E-state index in [0.717, 1.165) is 25.9 Å². The quantitative estimate of drug-likeness (QED) is 0.747. The van der Waals surface area contributed by atoms with E-state index in [-0.39, 0.29) is 11.3 Å². The van der Waals surface area contributed by atoms with Gasteiger partial charge in [-0.05, 0) is 36.9 Å². The van der Waals surface area contributed by atoms with Crippen LogP contribution in [0.5, 0.6) is 0 Å². The zero-order valence-corrected chi connectivity index (χ0v) is 12.4. The number of nitrogens with two attached hydrogens (primary N) is 1. The molecular formula is C14H24N2OS. The molecule has 1 aromatic heterocycles. The largest absolute Gasteiger partial charge is 0.370 e. The van der Waals surface area contributed by atoms with Crippen LogP contribution in [0.25, 0.3) is 0 Å². The second-order valence-corrected chi connectivity index (χ2v) is 6.78. The normalized spacial score (nSPS) is 11.7. The first-order valence-corrected chi connectivity index (χ1v) is 7.29. The molecule has 3 nitrogen and oxygen atoms in total. The number of rotatable bonds is 7. The predicted molar refractivity (Wildman–Crippen MR) is 77.8 cm³/mol. The first kappa shape index (κ1) is 15.2. The Balaban J connectivity index is 2.20. The van der Waals surface area contributed by atoms with Crippen LogP contribution in [0.4, 0.5) is 0 Å². The van der Waals surface area contributed by atoms with Crippen molar-refractivity contribution >= 4 is 17.2 Å². The maximum Gasteiger partial charge on any atom is 0.217 e. The molecule has 0 radical (unpaired) electrons. The van der Waals surface area contributed by atoms with E-state index in [0.29, 0.717) is 6.42 Å². The second-order valence-electron chi connectivity index (χ2n) is 5.62. The molecule has 0 spiro atoms. The van der Waals surface area contributed by atoms with Gasteiger partial charge in [-0.2, -0.15) is 0 Å². The van der Waals surface area contributed by atoms with Crippen molar-refractivity contribution in [1.29, 1.82) is 0 Å². The molecular weight excluding hydrogens is 244 g/mol. The smallest absolute Gasteiger partial charge is 0.217 e. The number of hydrogen-bond donors (Lipinski definition) is 2. The molecule has 0 saturated heterocycles. The van der Waals surface area contributed by atoms with Gasteiger partial charge in [0.25, 0.3) is 0 Å². The molecule has 0 aliphatic heterocycles. The topological polar surface area (TPSA) is 55.1 Å². The third kappa shape index (κ3) is 5.65. The molecule has 1 aromatic rings. The lowest BCUT2D eigenvalue weighted by atomic mass is 9.95. The van der Waals surface area contributed by atoms with Gasteiger partial charge in [0.05, 0.1) is 0 Å². The summed E-state index contributed by atoms with van der Waals surface area (Å²) in [6.45, 7) is 8.56. The van der Waals surface area contributed by atoms with E-state index in [1.165, 1.54) is 9.75 Å². The van der Waals surface area contributed by atoms with Crippen molar-refractivity contribution in [1.82, 2.24) is 5.32 Å². The predicted octanol–water partition coefficient (Wildman–Crippen LogP) is 2.79. The molecule has 1 rings (SSSR count). The van der Waals surface area contributed by atoms with Crippen molar-refractivity contribution in [2.75, 3.05) is 6.54 Å². The molecule has 1 amide bonds. The first-order chi connectivity index (χ1) is 8.39. The van der Waals surface area contributed by atoms with E-state index >= 15 is 0 Å². The maximum atomic E-state index is 10.6. The molecule has 0 saturated carbocycles. The fourth-order valence-corrected chi connectivity index (χ4v) is 2.67. The van der Waals surface area contributed by atoms with Gasteiger partial charge in [0.15, 0.2) is 0 Å². The summed E-state index contributed by atoms with van der Waals surface area (Å²) in [5.74, 6) is -0.205. The van der Waals surface area contributed by atoms with E-state index in [2.05, 4.69) is 38.2 Å². The van der Waals surface area contributed by atoms with Crippen LogP contribution in [0.1, 0.15) is 49.8 Å². The van der Waals surface area contributed by atoms with Crippen LogP contribution < -0.4 is 11.1 Å². The SMILES string of the molecule is CC(C)(C)c1ccc(CNCCCCC(N)=O)s1. The molecule has 0 aliphatic rings. The molecule has 0 bridgehead atoms. The summed E-state index contributed by atoms with van der Waals surface area (Å²) in [7, 11) is 0. The summed E-state index contributed by atoms with van der Waals surface area (Å²) >= 11 is 1.87. The minimum absolute atomic E-state index is 0.205. The highest BCUT2D eigenvalue weighted by Gasteiger charge is 2.15. The van der Waals surface area contributed by atoms with Gasteiger partial charge in [-0.3, -0.25) is 4.79 Å². The zero-order valence-electron chi connectivity index (χ0n) is 11.6. The van der Waals surface area contributed by atoms with Crippen LogP contribution in [0, 0.1) is 0 Å². The van der Waals surface area contributed by atoms with Gasteiger partial charge < -0.3 is 11.1 Å². The molecule has 0 unspecified atom stereocenters. The average Bonchev–Trinajstić information content (AvgIpc) is 2.71. The lowest BCUT2D eigenvalue weighted by Crippen LogP contribution is -2.15. The second kappa shape index (κ2) is 6.90. The number of primary amides is 1. The van der Waals surface area contributed by atoms with E-state index in [9.17, 15) is 4.79 Å². The Bertz CT molecular complexity index is 379. The molecule has 102 valence electrons. The maximum absolute atomic E-state index is 10.6. The minimum atomic E-state index is -0.205. The number of hydrogen-bond acceptors (Lipinski definition) is 3. The Labute approximate surface area is 114 Å². The Hall–Kier alpha value is -0.870. The highest BCUT2D eigenvalue weighted by molar-refractivity contribution is 7.12. The molecule has 0 fully saturated rings. The summed E-state index contributed by atoms with van der Waals surface area (Å²) in [5.41, 5.74) is 5.32. The Morgan fingerprint density at radius 1 is 1.33 bits per heavy atom. The lowest BCUT2D eigenvalue weighted by molar-refractivity contribution is -0.118. The Morgan fingerprint density at radius 2 is 2.06 bits per heavy atom. The van der Waals surface area contributed by atoms with Gasteiger partial charge in [0.2, 0.25) is 5.91 Å². The Morgan fingerprint density at radius 3 is 2.61 bits per heavy atom.